The molecule has 2 fully saturated rings. The van der Waals surface area contributed by atoms with E-state index in [-0.39, 0.29) is 5.92 Å². The van der Waals surface area contributed by atoms with Gasteiger partial charge in [0.15, 0.2) is 5.82 Å². The Hall–Kier alpha value is -2.47. The maximum Gasteiger partial charge on any atom is 0.225 e. The lowest BCUT2D eigenvalue weighted by atomic mass is 10.1. The van der Waals surface area contributed by atoms with Gasteiger partial charge in [-0.3, -0.25) is 4.79 Å². The summed E-state index contributed by atoms with van der Waals surface area (Å²) < 4.78 is 0. The smallest absolute Gasteiger partial charge is 0.225 e. The number of hydrogen-bond acceptors (Lipinski definition) is 5. The molecule has 2 aromatic heterocycles. The predicted molar refractivity (Wildman–Crippen MR) is 114 cm³/mol. The molecule has 1 saturated carbocycles. The van der Waals surface area contributed by atoms with Crippen LogP contribution in [0.4, 0.5) is 5.82 Å². The molecule has 1 aliphatic heterocycles. The molecule has 1 aromatic carbocycles. The molecule has 0 unspecified atom stereocenters. The number of piperazine rings is 1. The van der Waals surface area contributed by atoms with Crippen LogP contribution in [0.25, 0.3) is 22.3 Å². The van der Waals surface area contributed by atoms with Crippen LogP contribution in [0.15, 0.2) is 41.1 Å². The number of para-hydroxylation sites is 1. The third-order valence-corrected chi connectivity index (χ3v) is 6.64. The van der Waals surface area contributed by atoms with Crippen LogP contribution >= 0.6 is 11.3 Å². The third-order valence-electron chi connectivity index (χ3n) is 5.96. The number of nitrogens with zero attached hydrogens (tertiary/aromatic N) is 4. The van der Waals surface area contributed by atoms with E-state index in [4.69, 9.17) is 9.97 Å². The Labute approximate surface area is 169 Å². The van der Waals surface area contributed by atoms with Crippen molar-refractivity contribution in [2.45, 2.75) is 25.7 Å². The monoisotopic (exact) mass is 392 g/mol. The number of hydrogen-bond donors (Lipinski definition) is 0. The van der Waals surface area contributed by atoms with E-state index in [1.54, 1.807) is 11.3 Å². The van der Waals surface area contributed by atoms with Crippen molar-refractivity contribution in [2.24, 2.45) is 5.92 Å². The molecule has 1 saturated heterocycles. The Kier molecular flexibility index (Phi) is 4.72. The van der Waals surface area contributed by atoms with Crippen LogP contribution in [0.1, 0.15) is 25.7 Å². The van der Waals surface area contributed by atoms with Crippen LogP contribution in [-0.4, -0.2) is 47.0 Å². The first kappa shape index (κ1) is 17.6. The van der Waals surface area contributed by atoms with Crippen molar-refractivity contribution in [3.8, 4) is 11.4 Å². The minimum Gasteiger partial charge on any atom is -0.352 e. The lowest BCUT2D eigenvalue weighted by Crippen LogP contribution is -2.50. The highest BCUT2D eigenvalue weighted by atomic mass is 32.1. The topological polar surface area (TPSA) is 49.3 Å². The minimum absolute atomic E-state index is 0.261. The summed E-state index contributed by atoms with van der Waals surface area (Å²) in [5.41, 5.74) is 2.03. The molecule has 6 heteroatoms. The number of carbonyl (C=O) groups excluding carboxylic acids is 1. The van der Waals surface area contributed by atoms with Gasteiger partial charge in [0.2, 0.25) is 5.91 Å². The molecular weight excluding hydrogens is 368 g/mol. The minimum atomic E-state index is 0.261. The fourth-order valence-electron chi connectivity index (χ4n) is 4.39. The molecule has 3 heterocycles. The molecule has 1 amide bonds. The van der Waals surface area contributed by atoms with E-state index < -0.39 is 0 Å². The third kappa shape index (κ3) is 3.26. The van der Waals surface area contributed by atoms with Gasteiger partial charge in [-0.15, -0.1) is 0 Å². The molecule has 0 bridgehead atoms. The predicted octanol–water partition coefficient (Wildman–Crippen LogP) is 4.20. The lowest BCUT2D eigenvalue weighted by Gasteiger charge is -2.37. The molecule has 3 aromatic rings. The van der Waals surface area contributed by atoms with Crippen LogP contribution in [0.5, 0.6) is 0 Å². The number of thiophene rings is 1. The van der Waals surface area contributed by atoms with Crippen LogP contribution in [-0.2, 0) is 4.79 Å². The normalized spacial score (nSPS) is 18.1. The van der Waals surface area contributed by atoms with E-state index in [0.717, 1.165) is 67.1 Å². The van der Waals surface area contributed by atoms with Crippen LogP contribution < -0.4 is 4.90 Å². The van der Waals surface area contributed by atoms with Gasteiger partial charge >= 0.3 is 0 Å². The first-order chi connectivity index (χ1) is 13.8. The lowest BCUT2D eigenvalue weighted by molar-refractivity contribution is -0.135. The summed E-state index contributed by atoms with van der Waals surface area (Å²) in [7, 11) is 0. The van der Waals surface area contributed by atoms with Gasteiger partial charge in [0.05, 0.1) is 5.52 Å². The first-order valence-corrected chi connectivity index (χ1v) is 11.1. The summed E-state index contributed by atoms with van der Waals surface area (Å²) in [6.07, 6.45) is 4.54. The van der Waals surface area contributed by atoms with Gasteiger partial charge in [-0.2, -0.15) is 11.3 Å². The maximum absolute atomic E-state index is 12.7. The SMILES string of the molecule is O=C(C1CCCC1)N1CCN(c2nc(-c3ccsc3)nc3ccccc23)CC1. The Morgan fingerprint density at radius 3 is 2.54 bits per heavy atom. The molecule has 2 aliphatic rings. The number of rotatable bonds is 3. The van der Waals surface area contributed by atoms with Crippen molar-refractivity contribution in [3.63, 3.8) is 0 Å². The van der Waals surface area contributed by atoms with E-state index >= 15 is 0 Å². The summed E-state index contributed by atoms with van der Waals surface area (Å²) in [5.74, 6) is 2.39. The van der Waals surface area contributed by atoms with E-state index in [1.165, 1.54) is 12.8 Å². The van der Waals surface area contributed by atoms with E-state index in [0.29, 0.717) is 5.91 Å². The average Bonchev–Trinajstić information content (AvgIpc) is 3.47. The summed E-state index contributed by atoms with van der Waals surface area (Å²) in [6, 6.07) is 10.3. The number of anilines is 1. The van der Waals surface area contributed by atoms with Crippen molar-refractivity contribution >= 4 is 34.0 Å². The van der Waals surface area contributed by atoms with Gasteiger partial charge in [-0.05, 0) is 36.4 Å². The highest BCUT2D eigenvalue weighted by Crippen LogP contribution is 2.30. The van der Waals surface area contributed by atoms with Gasteiger partial charge in [0.25, 0.3) is 0 Å². The highest BCUT2D eigenvalue weighted by Gasteiger charge is 2.30. The van der Waals surface area contributed by atoms with E-state index in [1.807, 2.05) is 12.1 Å². The average molecular weight is 393 g/mol. The maximum atomic E-state index is 12.7. The van der Waals surface area contributed by atoms with Crippen molar-refractivity contribution in [3.05, 3.63) is 41.1 Å². The van der Waals surface area contributed by atoms with Gasteiger partial charge in [0.1, 0.15) is 5.82 Å². The Bertz CT molecular complexity index is 973. The molecule has 144 valence electrons. The summed E-state index contributed by atoms with van der Waals surface area (Å²) in [5, 5.41) is 5.23. The molecule has 0 radical (unpaired) electrons. The van der Waals surface area contributed by atoms with Gasteiger partial charge < -0.3 is 9.80 Å². The largest absolute Gasteiger partial charge is 0.352 e. The molecule has 0 spiro atoms. The summed E-state index contributed by atoms with van der Waals surface area (Å²) >= 11 is 1.66. The molecule has 5 rings (SSSR count). The fraction of sp³-hybridized carbons (Fsp3) is 0.409. The Morgan fingerprint density at radius 2 is 1.79 bits per heavy atom. The zero-order valence-corrected chi connectivity index (χ0v) is 16.7. The molecule has 0 N–H and O–H groups in total. The molecule has 5 nitrogen and oxygen atoms in total. The second-order valence-electron chi connectivity index (χ2n) is 7.69. The Morgan fingerprint density at radius 1 is 1.00 bits per heavy atom. The van der Waals surface area contributed by atoms with E-state index in [2.05, 4.69) is 38.8 Å². The highest BCUT2D eigenvalue weighted by molar-refractivity contribution is 7.08. The molecular formula is C22H24N4OS. The van der Waals surface area contributed by atoms with Gasteiger partial charge in [0, 0.05) is 48.4 Å². The number of carbonyl (C=O) groups is 1. The van der Waals surface area contributed by atoms with Gasteiger partial charge in [-0.1, -0.05) is 25.0 Å². The van der Waals surface area contributed by atoms with Crippen LogP contribution in [0.2, 0.25) is 0 Å². The fourth-order valence-corrected chi connectivity index (χ4v) is 5.03. The summed E-state index contributed by atoms with van der Waals surface area (Å²) in [4.78, 5) is 26.8. The van der Waals surface area contributed by atoms with Crippen LogP contribution in [0, 0.1) is 5.92 Å². The zero-order chi connectivity index (χ0) is 18.9. The standard InChI is InChI=1S/C22H24N4OS/c27-22(16-5-1-2-6-16)26-12-10-25(11-13-26)21-18-7-3-4-8-19(18)23-20(24-21)17-9-14-28-15-17/h3-4,7-9,14-16H,1-2,5-6,10-13H2. The van der Waals surface area contributed by atoms with Crippen molar-refractivity contribution < 1.29 is 4.79 Å². The number of aromatic nitrogens is 2. The second kappa shape index (κ2) is 7.51. The van der Waals surface area contributed by atoms with Crippen LogP contribution in [0.3, 0.4) is 0 Å². The molecule has 0 atom stereocenters. The Balaban J connectivity index is 1.41. The summed E-state index contributed by atoms with van der Waals surface area (Å²) in [6.45, 7) is 3.20. The zero-order valence-electron chi connectivity index (χ0n) is 15.9. The molecule has 1 aliphatic carbocycles. The van der Waals surface area contributed by atoms with E-state index in [9.17, 15) is 4.79 Å². The number of fused-ring (bicyclic) bond motifs is 1. The van der Waals surface area contributed by atoms with Crippen molar-refractivity contribution in [2.75, 3.05) is 31.1 Å². The van der Waals surface area contributed by atoms with Crippen molar-refractivity contribution in [1.29, 1.82) is 0 Å². The number of amides is 1. The molecule has 28 heavy (non-hydrogen) atoms. The quantitative estimate of drug-likeness (QED) is 0.670. The van der Waals surface area contributed by atoms with Gasteiger partial charge in [-0.25, -0.2) is 9.97 Å². The first-order valence-electron chi connectivity index (χ1n) is 10.1. The van der Waals surface area contributed by atoms with Crippen molar-refractivity contribution in [1.82, 2.24) is 14.9 Å². The second-order valence-corrected chi connectivity index (χ2v) is 8.47. The number of benzene rings is 1.